The summed E-state index contributed by atoms with van der Waals surface area (Å²) in [7, 11) is 0. The number of halogens is 2. The lowest BCUT2D eigenvalue weighted by Gasteiger charge is -2.38. The maximum absolute atomic E-state index is 13.3. The van der Waals surface area contributed by atoms with Gasteiger partial charge >= 0.3 is 6.03 Å². The number of amides is 3. The van der Waals surface area contributed by atoms with E-state index in [4.69, 9.17) is 23.2 Å². The zero-order valence-corrected chi connectivity index (χ0v) is 16.9. The number of piperidine rings is 1. The van der Waals surface area contributed by atoms with Crippen molar-refractivity contribution < 1.29 is 9.59 Å². The lowest BCUT2D eigenvalue weighted by molar-refractivity contribution is -0.135. The number of rotatable bonds is 5. The quantitative estimate of drug-likeness (QED) is 0.753. The molecule has 27 heavy (non-hydrogen) atoms. The van der Waals surface area contributed by atoms with E-state index < -0.39 is 5.54 Å². The Morgan fingerprint density at radius 3 is 2.52 bits per heavy atom. The van der Waals surface area contributed by atoms with Gasteiger partial charge in [0.25, 0.3) is 5.91 Å². The molecule has 1 N–H and O–H groups in total. The summed E-state index contributed by atoms with van der Waals surface area (Å²) >= 11 is 12.3. The Bertz CT molecular complexity index is 745. The minimum Gasteiger partial charge on any atom is -0.317 e. The number of hydrogen-bond acceptors (Lipinski definition) is 3. The van der Waals surface area contributed by atoms with E-state index >= 15 is 0 Å². The van der Waals surface area contributed by atoms with Crippen LogP contribution in [0.25, 0.3) is 0 Å². The number of urea groups is 1. The number of carbonyl (C=O) groups excluding carboxylic acids is 2. The van der Waals surface area contributed by atoms with Crippen molar-refractivity contribution in [1.29, 1.82) is 0 Å². The van der Waals surface area contributed by atoms with Crippen LogP contribution in [0.2, 0.25) is 10.0 Å². The van der Waals surface area contributed by atoms with E-state index in [0.29, 0.717) is 48.3 Å². The summed E-state index contributed by atoms with van der Waals surface area (Å²) in [4.78, 5) is 29.8. The average Bonchev–Trinajstić information content (AvgIpc) is 2.79. The molecular formula is C20H25Cl2N3O2. The van der Waals surface area contributed by atoms with Crippen molar-refractivity contribution in [1.82, 2.24) is 15.1 Å². The second-order valence-corrected chi connectivity index (χ2v) is 8.76. The first-order valence-electron chi connectivity index (χ1n) is 9.79. The molecule has 1 saturated carbocycles. The van der Waals surface area contributed by atoms with Gasteiger partial charge in [-0.2, -0.15) is 0 Å². The Morgan fingerprint density at radius 2 is 1.89 bits per heavy atom. The van der Waals surface area contributed by atoms with Crippen molar-refractivity contribution in [2.45, 2.75) is 44.1 Å². The van der Waals surface area contributed by atoms with E-state index in [9.17, 15) is 9.59 Å². The third kappa shape index (κ3) is 3.45. The third-order valence-electron chi connectivity index (χ3n) is 6.34. The Hall–Kier alpha value is -1.30. The van der Waals surface area contributed by atoms with Gasteiger partial charge in [0.1, 0.15) is 5.54 Å². The van der Waals surface area contributed by atoms with Gasteiger partial charge in [-0.25, -0.2) is 4.79 Å². The molecule has 1 spiro atoms. The largest absolute Gasteiger partial charge is 0.327 e. The third-order valence-corrected chi connectivity index (χ3v) is 6.92. The molecule has 0 unspecified atom stereocenters. The van der Waals surface area contributed by atoms with Crippen molar-refractivity contribution in [3.05, 3.63) is 33.8 Å². The molecule has 5 nitrogen and oxygen atoms in total. The molecule has 2 heterocycles. The number of imide groups is 1. The van der Waals surface area contributed by atoms with Gasteiger partial charge in [0, 0.05) is 23.1 Å². The molecule has 0 radical (unpaired) electrons. The molecule has 7 heteroatoms. The molecule has 1 aromatic carbocycles. The van der Waals surface area contributed by atoms with Crippen molar-refractivity contribution in [2.24, 2.45) is 5.92 Å². The fourth-order valence-corrected chi connectivity index (χ4v) is 4.97. The summed E-state index contributed by atoms with van der Waals surface area (Å²) in [5, 5.41) is 4.51. The molecule has 0 bridgehead atoms. The van der Waals surface area contributed by atoms with Crippen LogP contribution in [0.4, 0.5) is 4.79 Å². The maximum Gasteiger partial charge on any atom is 0.327 e. The molecule has 3 amide bonds. The number of hydrogen-bond donors (Lipinski definition) is 1. The topological polar surface area (TPSA) is 52.7 Å². The molecule has 1 aromatic rings. The van der Waals surface area contributed by atoms with Crippen LogP contribution in [-0.4, -0.2) is 53.5 Å². The van der Waals surface area contributed by atoms with Crippen LogP contribution in [0.5, 0.6) is 0 Å². The Balaban J connectivity index is 1.55. The Labute approximate surface area is 170 Å². The fraction of sp³-hybridized carbons (Fsp3) is 0.600. The van der Waals surface area contributed by atoms with Crippen molar-refractivity contribution in [2.75, 3.05) is 26.2 Å². The smallest absolute Gasteiger partial charge is 0.317 e. The first-order chi connectivity index (χ1) is 13.0. The Kier molecular flexibility index (Phi) is 5.36. The Morgan fingerprint density at radius 1 is 1.15 bits per heavy atom. The molecule has 4 rings (SSSR count). The van der Waals surface area contributed by atoms with E-state index in [-0.39, 0.29) is 11.9 Å². The van der Waals surface area contributed by atoms with Gasteiger partial charge in [0.05, 0.1) is 0 Å². The summed E-state index contributed by atoms with van der Waals surface area (Å²) in [5.74, 6) is 0.477. The predicted octanol–water partition coefficient (Wildman–Crippen LogP) is 3.72. The summed E-state index contributed by atoms with van der Waals surface area (Å²) in [6.45, 7) is 2.58. The van der Waals surface area contributed by atoms with Gasteiger partial charge in [0.15, 0.2) is 0 Å². The van der Waals surface area contributed by atoms with Crippen LogP contribution in [0.1, 0.15) is 37.7 Å². The zero-order valence-electron chi connectivity index (χ0n) is 15.3. The highest BCUT2D eigenvalue weighted by Gasteiger charge is 2.57. The van der Waals surface area contributed by atoms with Crippen LogP contribution in [0, 0.1) is 5.92 Å². The summed E-state index contributed by atoms with van der Waals surface area (Å²) < 4.78 is 0. The molecule has 3 fully saturated rings. The minimum absolute atomic E-state index is 0.00287. The maximum atomic E-state index is 13.3. The monoisotopic (exact) mass is 409 g/mol. The number of carbonyl (C=O) groups is 2. The summed E-state index contributed by atoms with van der Waals surface area (Å²) in [6.07, 6.45) is 5.40. The second kappa shape index (κ2) is 7.61. The standard InChI is InChI=1S/C20H25Cl2N3O2/c21-16-5-4-15(17(22)12-16)6-11-25-19(27)24(13-14-2-1-3-14)18(26)20(25)7-9-23-10-8-20/h4-5,12,14,23H,1-3,6-11,13H2. The van der Waals surface area contributed by atoms with Crippen molar-refractivity contribution in [3.63, 3.8) is 0 Å². The molecule has 1 aliphatic carbocycles. The fourth-order valence-electron chi connectivity index (χ4n) is 4.47. The first kappa shape index (κ1) is 19.0. The van der Waals surface area contributed by atoms with Crippen LogP contribution in [-0.2, 0) is 11.2 Å². The molecule has 0 atom stereocenters. The molecule has 2 aliphatic heterocycles. The average molecular weight is 410 g/mol. The summed E-state index contributed by atoms with van der Waals surface area (Å²) in [6, 6.07) is 5.30. The zero-order chi connectivity index (χ0) is 19.0. The van der Waals surface area contributed by atoms with Crippen LogP contribution < -0.4 is 5.32 Å². The SMILES string of the molecule is O=C1N(CC2CCC2)C(=O)C2(CCNCC2)N1CCc1ccc(Cl)cc1Cl. The van der Waals surface area contributed by atoms with E-state index in [0.717, 1.165) is 31.5 Å². The highest BCUT2D eigenvalue weighted by molar-refractivity contribution is 6.35. The molecular weight excluding hydrogens is 385 g/mol. The van der Waals surface area contributed by atoms with Crippen LogP contribution >= 0.6 is 23.2 Å². The van der Waals surface area contributed by atoms with Gasteiger partial charge < -0.3 is 10.2 Å². The van der Waals surface area contributed by atoms with Gasteiger partial charge in [0.2, 0.25) is 0 Å². The van der Waals surface area contributed by atoms with Crippen molar-refractivity contribution in [3.8, 4) is 0 Å². The van der Waals surface area contributed by atoms with Gasteiger partial charge in [-0.1, -0.05) is 35.7 Å². The molecule has 2 saturated heterocycles. The van der Waals surface area contributed by atoms with E-state index in [1.807, 2.05) is 17.0 Å². The van der Waals surface area contributed by atoms with Gasteiger partial charge in [-0.05, 0) is 68.8 Å². The highest BCUT2D eigenvalue weighted by Crippen LogP contribution is 2.38. The van der Waals surface area contributed by atoms with Crippen LogP contribution in [0.3, 0.4) is 0 Å². The van der Waals surface area contributed by atoms with E-state index in [2.05, 4.69) is 5.32 Å². The normalized spacial score (nSPS) is 22.6. The lowest BCUT2D eigenvalue weighted by atomic mass is 9.84. The number of nitrogens with zero attached hydrogens (tertiary/aromatic N) is 2. The highest BCUT2D eigenvalue weighted by atomic mass is 35.5. The van der Waals surface area contributed by atoms with Crippen LogP contribution in [0.15, 0.2) is 18.2 Å². The molecule has 3 aliphatic rings. The van der Waals surface area contributed by atoms with E-state index in [1.54, 1.807) is 6.07 Å². The number of benzene rings is 1. The summed E-state index contributed by atoms with van der Waals surface area (Å²) in [5.41, 5.74) is 0.258. The van der Waals surface area contributed by atoms with Gasteiger partial charge in [-0.15, -0.1) is 0 Å². The number of nitrogens with one attached hydrogen (secondary N) is 1. The minimum atomic E-state index is -0.690. The molecule has 146 valence electrons. The lowest BCUT2D eigenvalue weighted by Crippen LogP contribution is -2.56. The van der Waals surface area contributed by atoms with Crippen molar-refractivity contribution >= 4 is 35.1 Å². The first-order valence-corrected chi connectivity index (χ1v) is 10.5. The van der Waals surface area contributed by atoms with E-state index in [1.165, 1.54) is 11.3 Å². The predicted molar refractivity (Wildman–Crippen MR) is 106 cm³/mol. The molecule has 0 aromatic heterocycles. The van der Waals surface area contributed by atoms with Gasteiger partial charge in [-0.3, -0.25) is 9.69 Å². The second-order valence-electron chi connectivity index (χ2n) is 7.91.